The summed E-state index contributed by atoms with van der Waals surface area (Å²) >= 11 is 0. The van der Waals surface area contributed by atoms with E-state index in [4.69, 9.17) is 0 Å². The zero-order valence-electron chi connectivity index (χ0n) is 9.13. The van der Waals surface area contributed by atoms with Crippen molar-refractivity contribution < 1.29 is 26.4 Å². The average Bonchev–Trinajstić information content (AvgIpc) is 2.32. The summed E-state index contributed by atoms with van der Waals surface area (Å²) in [5, 5.41) is 0. The Hall–Kier alpha value is -1.61. The van der Waals surface area contributed by atoms with Crippen molar-refractivity contribution >= 4 is 15.9 Å². The molecule has 0 aliphatic carbocycles. The van der Waals surface area contributed by atoms with Crippen molar-refractivity contribution in [3.8, 4) is 0 Å². The number of carbonyl (C=O) groups excluding carboxylic acids is 1. The molecule has 2 N–H and O–H groups in total. The topological polar surface area (TPSA) is 75.3 Å². The Morgan fingerprint density at radius 1 is 1.22 bits per heavy atom. The molecule has 1 aromatic carbocycles. The highest BCUT2D eigenvalue weighted by Gasteiger charge is 2.24. The molecule has 18 heavy (non-hydrogen) atoms. The van der Waals surface area contributed by atoms with Crippen LogP contribution in [0.25, 0.3) is 0 Å². The smallest absolute Gasteiger partial charge is 0.260 e. The second-order valence-electron chi connectivity index (χ2n) is 3.18. The van der Waals surface area contributed by atoms with Gasteiger partial charge in [-0.05, 0) is 12.1 Å². The summed E-state index contributed by atoms with van der Waals surface area (Å²) in [6.07, 6.45) is -0.0111. The van der Waals surface area contributed by atoms with E-state index in [-0.39, 0.29) is 6.42 Å². The first kappa shape index (κ1) is 14.5. The molecular weight excluding hydrogens is 273 g/mol. The number of carbonyl (C=O) groups is 1. The largest absolute Gasteiger partial charge is 0.278 e. The van der Waals surface area contributed by atoms with Crippen LogP contribution in [-0.4, -0.2) is 14.3 Å². The molecule has 0 unspecified atom stereocenters. The highest BCUT2D eigenvalue weighted by Crippen LogP contribution is 2.18. The maximum atomic E-state index is 13.2. The predicted molar refractivity (Wildman–Crippen MR) is 55.1 cm³/mol. The normalized spacial score (nSPS) is 11.3. The second kappa shape index (κ2) is 5.36. The maximum absolute atomic E-state index is 13.2. The summed E-state index contributed by atoms with van der Waals surface area (Å²) in [7, 11) is -4.50. The predicted octanol–water partition coefficient (Wildman–Crippen LogP) is 0.823. The number of hydrogen-bond acceptors (Lipinski definition) is 3. The summed E-state index contributed by atoms with van der Waals surface area (Å²) in [4.78, 5) is 11.3. The van der Waals surface area contributed by atoms with Crippen molar-refractivity contribution in [2.45, 2.75) is 18.2 Å². The summed E-state index contributed by atoms with van der Waals surface area (Å²) in [5.74, 6) is -5.93. The Morgan fingerprint density at radius 2 is 1.83 bits per heavy atom. The molecule has 0 heterocycles. The van der Waals surface area contributed by atoms with E-state index < -0.39 is 38.3 Å². The van der Waals surface area contributed by atoms with E-state index in [1.54, 1.807) is 10.3 Å². The lowest BCUT2D eigenvalue weighted by Crippen LogP contribution is -2.41. The number of nitrogens with one attached hydrogen (secondary N) is 2. The molecule has 0 radical (unpaired) electrons. The van der Waals surface area contributed by atoms with Gasteiger partial charge in [-0.3, -0.25) is 10.2 Å². The van der Waals surface area contributed by atoms with Crippen molar-refractivity contribution in [3.63, 3.8) is 0 Å². The summed E-state index contributed by atoms with van der Waals surface area (Å²) in [6, 6.07) is 1.02. The molecular formula is C9H9F3N2O3S. The van der Waals surface area contributed by atoms with Crippen LogP contribution in [0.5, 0.6) is 0 Å². The highest BCUT2D eigenvalue weighted by molar-refractivity contribution is 7.89. The molecule has 5 nitrogen and oxygen atoms in total. The van der Waals surface area contributed by atoms with Crippen LogP contribution in [0.15, 0.2) is 17.0 Å². The van der Waals surface area contributed by atoms with E-state index in [2.05, 4.69) is 0 Å². The second-order valence-corrected chi connectivity index (χ2v) is 4.83. The molecule has 0 aliphatic rings. The van der Waals surface area contributed by atoms with Gasteiger partial charge in [0.15, 0.2) is 17.5 Å². The van der Waals surface area contributed by atoms with Gasteiger partial charge in [-0.25, -0.2) is 21.6 Å². The van der Waals surface area contributed by atoms with Crippen molar-refractivity contribution in [1.29, 1.82) is 0 Å². The Balaban J connectivity index is 3.06. The van der Waals surface area contributed by atoms with Crippen LogP contribution in [0.1, 0.15) is 13.3 Å². The molecule has 0 aliphatic heterocycles. The maximum Gasteiger partial charge on any atom is 0.260 e. The SMILES string of the molecule is CCC(=O)NNS(=O)(=O)c1ccc(F)c(F)c1F. The summed E-state index contributed by atoms with van der Waals surface area (Å²) in [5.41, 5.74) is 1.77. The van der Waals surface area contributed by atoms with Gasteiger partial charge in [0.2, 0.25) is 5.91 Å². The van der Waals surface area contributed by atoms with Crippen LogP contribution in [0.2, 0.25) is 0 Å². The van der Waals surface area contributed by atoms with Gasteiger partial charge < -0.3 is 0 Å². The fourth-order valence-electron chi connectivity index (χ4n) is 0.983. The number of hydrogen-bond donors (Lipinski definition) is 2. The number of amides is 1. The van der Waals surface area contributed by atoms with E-state index in [1.165, 1.54) is 6.92 Å². The number of hydrazine groups is 1. The van der Waals surface area contributed by atoms with Crippen molar-refractivity contribution in [3.05, 3.63) is 29.6 Å². The molecule has 0 bridgehead atoms. The van der Waals surface area contributed by atoms with Crippen molar-refractivity contribution in [1.82, 2.24) is 10.3 Å². The lowest BCUT2D eigenvalue weighted by molar-refractivity contribution is -0.121. The number of benzene rings is 1. The summed E-state index contributed by atoms with van der Waals surface area (Å²) < 4.78 is 61.7. The average molecular weight is 282 g/mol. The molecule has 0 saturated carbocycles. The number of sulfonamides is 1. The van der Waals surface area contributed by atoms with Crippen molar-refractivity contribution in [2.75, 3.05) is 0 Å². The first-order chi connectivity index (χ1) is 8.29. The van der Waals surface area contributed by atoms with Crippen LogP contribution < -0.4 is 10.3 Å². The minimum absolute atomic E-state index is 0.0111. The zero-order chi connectivity index (χ0) is 13.9. The lowest BCUT2D eigenvalue weighted by Gasteiger charge is -2.08. The van der Waals surface area contributed by atoms with Crippen LogP contribution in [0.3, 0.4) is 0 Å². The number of rotatable bonds is 4. The molecule has 1 aromatic rings. The van der Waals surface area contributed by atoms with Gasteiger partial charge in [-0.1, -0.05) is 6.92 Å². The molecule has 1 rings (SSSR count). The third-order valence-electron chi connectivity index (χ3n) is 1.94. The van der Waals surface area contributed by atoms with Gasteiger partial charge >= 0.3 is 0 Å². The minimum Gasteiger partial charge on any atom is -0.278 e. The van der Waals surface area contributed by atoms with Crippen LogP contribution in [-0.2, 0) is 14.8 Å². The minimum atomic E-state index is -4.50. The monoisotopic (exact) mass is 282 g/mol. The summed E-state index contributed by atoms with van der Waals surface area (Å²) in [6.45, 7) is 1.46. The molecule has 0 aromatic heterocycles. The number of halogens is 3. The van der Waals surface area contributed by atoms with Gasteiger partial charge in [0, 0.05) is 6.42 Å². The van der Waals surface area contributed by atoms with Gasteiger partial charge in [-0.2, -0.15) is 0 Å². The Bertz CT molecular complexity index is 575. The molecule has 1 amide bonds. The first-order valence-corrected chi connectivity index (χ1v) is 6.22. The molecule has 100 valence electrons. The zero-order valence-corrected chi connectivity index (χ0v) is 9.95. The van der Waals surface area contributed by atoms with Crippen LogP contribution in [0, 0.1) is 17.5 Å². The Morgan fingerprint density at radius 3 is 2.39 bits per heavy atom. The highest BCUT2D eigenvalue weighted by atomic mass is 32.2. The van der Waals surface area contributed by atoms with Crippen LogP contribution in [0.4, 0.5) is 13.2 Å². The van der Waals surface area contributed by atoms with E-state index >= 15 is 0 Å². The van der Waals surface area contributed by atoms with E-state index in [9.17, 15) is 26.4 Å². The third-order valence-corrected chi connectivity index (χ3v) is 3.20. The quantitative estimate of drug-likeness (QED) is 0.634. The van der Waals surface area contributed by atoms with Gasteiger partial charge in [0.05, 0.1) is 0 Å². The molecule has 0 atom stereocenters. The Kier molecular flexibility index (Phi) is 4.30. The fraction of sp³-hybridized carbons (Fsp3) is 0.222. The van der Waals surface area contributed by atoms with Crippen LogP contribution >= 0.6 is 0 Å². The molecule has 0 saturated heterocycles. The lowest BCUT2D eigenvalue weighted by atomic mass is 10.3. The molecule has 0 spiro atoms. The van der Waals surface area contributed by atoms with Gasteiger partial charge in [0.25, 0.3) is 10.0 Å². The first-order valence-electron chi connectivity index (χ1n) is 4.73. The van der Waals surface area contributed by atoms with E-state index in [1.807, 2.05) is 0 Å². The van der Waals surface area contributed by atoms with Gasteiger partial charge in [-0.15, -0.1) is 4.83 Å². The van der Waals surface area contributed by atoms with E-state index in [0.29, 0.717) is 12.1 Å². The molecule has 0 fully saturated rings. The fourth-order valence-corrected chi connectivity index (χ4v) is 1.91. The van der Waals surface area contributed by atoms with Crippen molar-refractivity contribution in [2.24, 2.45) is 0 Å². The third kappa shape index (κ3) is 2.99. The van der Waals surface area contributed by atoms with Gasteiger partial charge in [0.1, 0.15) is 4.90 Å². The van der Waals surface area contributed by atoms with E-state index in [0.717, 1.165) is 0 Å². The standard InChI is InChI=1S/C9H9F3N2O3S/c1-2-7(15)13-14-18(16,17)6-4-3-5(10)8(11)9(6)12/h3-4,14H,2H2,1H3,(H,13,15). The molecule has 9 heteroatoms. The Labute approximate surface area is 101 Å².